The fourth-order valence-corrected chi connectivity index (χ4v) is 2.34. The molecule has 0 spiro atoms. The van der Waals surface area contributed by atoms with Crippen LogP contribution in [0.1, 0.15) is 28.1 Å². The molecule has 94 valence electrons. The maximum atomic E-state index is 10.9. The second-order valence-corrected chi connectivity index (χ2v) is 5.36. The Bertz CT molecular complexity index is 374. The maximum Gasteiger partial charge on any atom is 0.249 e. The summed E-state index contributed by atoms with van der Waals surface area (Å²) < 4.78 is 5.51. The average Bonchev–Trinajstić information content (AvgIpc) is 3.00. The number of primary amides is 1. The first-order valence-electron chi connectivity index (χ1n) is 5.91. The lowest BCUT2D eigenvalue weighted by Crippen LogP contribution is -2.19. The molecule has 1 aromatic rings. The van der Waals surface area contributed by atoms with E-state index >= 15 is 0 Å². The smallest absolute Gasteiger partial charge is 0.249 e. The Morgan fingerprint density at radius 3 is 3.06 bits per heavy atom. The Hall–Kier alpha value is -0.910. The minimum Gasteiger partial charge on any atom is -0.380 e. The van der Waals surface area contributed by atoms with Gasteiger partial charge in [-0.3, -0.25) is 4.79 Å². The van der Waals surface area contributed by atoms with E-state index in [1.807, 2.05) is 6.07 Å². The zero-order valence-corrected chi connectivity index (χ0v) is 10.6. The molecule has 1 aliphatic carbocycles. The van der Waals surface area contributed by atoms with E-state index in [0.717, 1.165) is 37.1 Å². The minimum atomic E-state index is -0.361. The van der Waals surface area contributed by atoms with Crippen LogP contribution < -0.4 is 11.1 Å². The molecule has 0 bridgehead atoms. The fourth-order valence-electron chi connectivity index (χ4n) is 1.49. The van der Waals surface area contributed by atoms with Gasteiger partial charge in [0, 0.05) is 30.0 Å². The third-order valence-electron chi connectivity index (χ3n) is 2.71. The molecule has 0 aromatic carbocycles. The lowest BCUT2D eigenvalue weighted by molar-refractivity contribution is 0.100. The number of carbonyl (C=O) groups excluding carboxylic acids is 1. The molecule has 2 rings (SSSR count). The van der Waals surface area contributed by atoms with E-state index in [4.69, 9.17) is 10.5 Å². The molecule has 0 atom stereocenters. The number of rotatable bonds is 8. The van der Waals surface area contributed by atoms with E-state index < -0.39 is 0 Å². The van der Waals surface area contributed by atoms with Crippen LogP contribution in [0.2, 0.25) is 0 Å². The van der Waals surface area contributed by atoms with Gasteiger partial charge in [-0.1, -0.05) is 0 Å². The zero-order chi connectivity index (χ0) is 12.1. The SMILES string of the molecule is NC(=O)c1csc(CNCCOCC2CC2)c1. The van der Waals surface area contributed by atoms with Crippen molar-refractivity contribution in [2.75, 3.05) is 19.8 Å². The Morgan fingerprint density at radius 1 is 1.59 bits per heavy atom. The number of carbonyl (C=O) groups is 1. The Kier molecular flexibility index (Phi) is 4.53. The van der Waals surface area contributed by atoms with Crippen LogP contribution in [0.15, 0.2) is 11.4 Å². The van der Waals surface area contributed by atoms with Crippen molar-refractivity contribution < 1.29 is 9.53 Å². The minimum absolute atomic E-state index is 0.361. The van der Waals surface area contributed by atoms with Gasteiger partial charge in [0.05, 0.1) is 12.2 Å². The van der Waals surface area contributed by atoms with Crippen molar-refractivity contribution in [3.63, 3.8) is 0 Å². The van der Waals surface area contributed by atoms with Crippen molar-refractivity contribution in [2.45, 2.75) is 19.4 Å². The highest BCUT2D eigenvalue weighted by Gasteiger charge is 2.20. The van der Waals surface area contributed by atoms with Crippen molar-refractivity contribution in [2.24, 2.45) is 11.7 Å². The molecule has 0 aliphatic heterocycles. The van der Waals surface area contributed by atoms with Crippen LogP contribution in [-0.4, -0.2) is 25.7 Å². The first-order chi connectivity index (χ1) is 8.25. The van der Waals surface area contributed by atoms with Crippen LogP contribution in [-0.2, 0) is 11.3 Å². The second kappa shape index (κ2) is 6.14. The zero-order valence-electron chi connectivity index (χ0n) is 9.78. The quantitative estimate of drug-likeness (QED) is 0.689. The number of amides is 1. The number of hydrogen-bond acceptors (Lipinski definition) is 4. The van der Waals surface area contributed by atoms with Gasteiger partial charge in [-0.05, 0) is 24.8 Å². The van der Waals surface area contributed by atoms with Crippen molar-refractivity contribution >= 4 is 17.2 Å². The second-order valence-electron chi connectivity index (χ2n) is 4.36. The molecule has 1 fully saturated rings. The molecule has 0 radical (unpaired) electrons. The van der Waals surface area contributed by atoms with E-state index in [9.17, 15) is 4.79 Å². The summed E-state index contributed by atoms with van der Waals surface area (Å²) >= 11 is 1.55. The van der Waals surface area contributed by atoms with Crippen LogP contribution >= 0.6 is 11.3 Å². The third kappa shape index (κ3) is 4.46. The van der Waals surface area contributed by atoms with Crippen LogP contribution in [0.5, 0.6) is 0 Å². The molecule has 1 heterocycles. The molecule has 5 heteroatoms. The van der Waals surface area contributed by atoms with Gasteiger partial charge in [0.25, 0.3) is 0 Å². The molecular formula is C12H18N2O2S. The largest absolute Gasteiger partial charge is 0.380 e. The molecule has 0 saturated heterocycles. The molecule has 1 saturated carbocycles. The van der Waals surface area contributed by atoms with E-state index in [0.29, 0.717) is 5.56 Å². The number of hydrogen-bond donors (Lipinski definition) is 2. The van der Waals surface area contributed by atoms with E-state index in [1.165, 1.54) is 12.8 Å². The number of thiophene rings is 1. The summed E-state index contributed by atoms with van der Waals surface area (Å²) in [5, 5.41) is 5.08. The van der Waals surface area contributed by atoms with Gasteiger partial charge in [0.15, 0.2) is 0 Å². The summed E-state index contributed by atoms with van der Waals surface area (Å²) in [6.07, 6.45) is 2.66. The molecule has 1 aromatic heterocycles. The molecular weight excluding hydrogens is 236 g/mol. The maximum absolute atomic E-state index is 10.9. The summed E-state index contributed by atoms with van der Waals surface area (Å²) in [4.78, 5) is 12.0. The summed E-state index contributed by atoms with van der Waals surface area (Å²) in [6.45, 7) is 3.28. The molecule has 1 aliphatic rings. The first kappa shape index (κ1) is 12.5. The molecule has 17 heavy (non-hydrogen) atoms. The number of ether oxygens (including phenoxy) is 1. The van der Waals surface area contributed by atoms with E-state index in [2.05, 4.69) is 5.32 Å². The molecule has 0 unspecified atom stereocenters. The summed E-state index contributed by atoms with van der Waals surface area (Å²) in [7, 11) is 0. The van der Waals surface area contributed by atoms with Gasteiger partial charge in [0.1, 0.15) is 0 Å². The van der Waals surface area contributed by atoms with Crippen LogP contribution in [0.3, 0.4) is 0 Å². The van der Waals surface area contributed by atoms with Gasteiger partial charge in [-0.15, -0.1) is 11.3 Å². The third-order valence-corrected chi connectivity index (χ3v) is 3.65. The van der Waals surface area contributed by atoms with Gasteiger partial charge in [0.2, 0.25) is 5.91 Å². The van der Waals surface area contributed by atoms with Crippen molar-refractivity contribution in [1.29, 1.82) is 0 Å². The van der Waals surface area contributed by atoms with Gasteiger partial charge in [-0.25, -0.2) is 0 Å². The van der Waals surface area contributed by atoms with Crippen molar-refractivity contribution in [1.82, 2.24) is 5.32 Å². The summed E-state index contributed by atoms with van der Waals surface area (Å²) in [5.74, 6) is 0.464. The topological polar surface area (TPSA) is 64.4 Å². The number of nitrogens with one attached hydrogen (secondary N) is 1. The van der Waals surface area contributed by atoms with Gasteiger partial charge in [-0.2, -0.15) is 0 Å². The Morgan fingerprint density at radius 2 is 2.41 bits per heavy atom. The van der Waals surface area contributed by atoms with Crippen LogP contribution in [0.25, 0.3) is 0 Å². The highest BCUT2D eigenvalue weighted by atomic mass is 32.1. The normalized spacial score (nSPS) is 15.1. The number of nitrogens with two attached hydrogens (primary N) is 1. The van der Waals surface area contributed by atoms with Gasteiger partial charge >= 0.3 is 0 Å². The summed E-state index contributed by atoms with van der Waals surface area (Å²) in [6, 6.07) is 1.84. The highest BCUT2D eigenvalue weighted by molar-refractivity contribution is 7.10. The van der Waals surface area contributed by atoms with Crippen LogP contribution in [0.4, 0.5) is 0 Å². The highest BCUT2D eigenvalue weighted by Crippen LogP contribution is 2.28. The summed E-state index contributed by atoms with van der Waals surface area (Å²) in [5.41, 5.74) is 5.78. The van der Waals surface area contributed by atoms with Crippen molar-refractivity contribution in [3.8, 4) is 0 Å². The standard InChI is InChI=1S/C12H18N2O2S/c13-12(15)10-5-11(17-8-10)6-14-3-4-16-7-9-1-2-9/h5,8-9,14H,1-4,6-7H2,(H2,13,15). The van der Waals surface area contributed by atoms with E-state index in [-0.39, 0.29) is 5.91 Å². The van der Waals surface area contributed by atoms with Crippen molar-refractivity contribution in [3.05, 3.63) is 21.9 Å². The van der Waals surface area contributed by atoms with Crippen LogP contribution in [0, 0.1) is 5.92 Å². The Balaban J connectivity index is 1.55. The fraction of sp³-hybridized carbons (Fsp3) is 0.583. The Labute approximate surface area is 105 Å². The molecule has 1 amide bonds. The van der Waals surface area contributed by atoms with E-state index in [1.54, 1.807) is 16.7 Å². The first-order valence-corrected chi connectivity index (χ1v) is 6.79. The average molecular weight is 254 g/mol. The van der Waals surface area contributed by atoms with Gasteiger partial charge < -0.3 is 15.8 Å². The lowest BCUT2D eigenvalue weighted by atomic mass is 10.3. The molecule has 3 N–H and O–H groups in total. The predicted molar refractivity (Wildman–Crippen MR) is 68.1 cm³/mol. The predicted octanol–water partition coefficient (Wildman–Crippen LogP) is 1.36. The lowest BCUT2D eigenvalue weighted by Gasteiger charge is -2.04. The molecule has 4 nitrogen and oxygen atoms in total. The monoisotopic (exact) mass is 254 g/mol.